The van der Waals surface area contributed by atoms with E-state index in [2.05, 4.69) is 16.9 Å². The third-order valence-corrected chi connectivity index (χ3v) is 4.36. The second kappa shape index (κ2) is 7.88. The number of carboxylic acids is 1. The van der Waals surface area contributed by atoms with Crippen LogP contribution in [0.15, 0.2) is 41.8 Å². The molecule has 0 radical (unpaired) electrons. The summed E-state index contributed by atoms with van der Waals surface area (Å²) in [6.45, 7) is 8.04. The second-order valence-corrected chi connectivity index (χ2v) is 6.68. The Balaban J connectivity index is 2.03. The van der Waals surface area contributed by atoms with E-state index in [0.29, 0.717) is 18.0 Å². The van der Waals surface area contributed by atoms with Gasteiger partial charge in [-0.25, -0.2) is 9.78 Å². The highest BCUT2D eigenvalue weighted by Gasteiger charge is 2.13. The number of amides is 1. The highest BCUT2D eigenvalue weighted by Crippen LogP contribution is 2.24. The summed E-state index contributed by atoms with van der Waals surface area (Å²) in [5.41, 5.74) is 2.81. The first kappa shape index (κ1) is 17.9. The highest BCUT2D eigenvalue weighted by molar-refractivity contribution is 7.13. The zero-order valence-corrected chi connectivity index (χ0v) is 14.5. The number of rotatable bonds is 7. The number of thiazole rings is 1. The van der Waals surface area contributed by atoms with Gasteiger partial charge in [-0.1, -0.05) is 30.7 Å². The lowest BCUT2D eigenvalue weighted by molar-refractivity contribution is -0.124. The zero-order chi connectivity index (χ0) is 17.7. The fourth-order valence-electron chi connectivity index (χ4n) is 2.30. The van der Waals surface area contributed by atoms with E-state index in [1.165, 1.54) is 16.7 Å². The highest BCUT2D eigenvalue weighted by atomic mass is 32.1. The molecule has 0 fully saturated rings. The minimum Gasteiger partial charge on any atom is -0.476 e. The lowest BCUT2D eigenvalue weighted by Gasteiger charge is -2.12. The molecule has 1 amide bonds. The Bertz CT molecular complexity index is 767. The minimum atomic E-state index is -1.03. The van der Waals surface area contributed by atoms with Crippen LogP contribution in [0.1, 0.15) is 36.3 Å². The van der Waals surface area contributed by atoms with Crippen LogP contribution >= 0.6 is 11.3 Å². The predicted octanol–water partition coefficient (Wildman–Crippen LogP) is 3.73. The van der Waals surface area contributed by atoms with Crippen LogP contribution in [0.5, 0.6) is 0 Å². The van der Waals surface area contributed by atoms with Crippen molar-refractivity contribution >= 4 is 23.2 Å². The van der Waals surface area contributed by atoms with E-state index in [9.17, 15) is 9.59 Å². The summed E-state index contributed by atoms with van der Waals surface area (Å²) in [5.74, 6) is -1.15. The van der Waals surface area contributed by atoms with Crippen LogP contribution < -0.4 is 5.32 Å². The summed E-state index contributed by atoms with van der Waals surface area (Å²) in [6.07, 6.45) is 0.670. The topological polar surface area (TPSA) is 79.3 Å². The second-order valence-electron chi connectivity index (χ2n) is 5.82. The van der Waals surface area contributed by atoms with Gasteiger partial charge in [-0.3, -0.25) is 4.79 Å². The monoisotopic (exact) mass is 344 g/mol. The van der Waals surface area contributed by atoms with E-state index in [0.717, 1.165) is 16.7 Å². The first-order chi connectivity index (χ1) is 11.4. The molecule has 1 heterocycles. The van der Waals surface area contributed by atoms with Crippen LogP contribution in [0.2, 0.25) is 0 Å². The van der Waals surface area contributed by atoms with Crippen molar-refractivity contribution in [2.45, 2.75) is 26.8 Å². The molecule has 0 bridgehead atoms. The largest absolute Gasteiger partial charge is 0.476 e. The summed E-state index contributed by atoms with van der Waals surface area (Å²) in [5, 5.41) is 14.0. The van der Waals surface area contributed by atoms with Crippen molar-refractivity contribution in [3.63, 3.8) is 0 Å². The minimum absolute atomic E-state index is 0.00850. The Morgan fingerprint density at radius 2 is 2.17 bits per heavy atom. The Morgan fingerprint density at radius 3 is 2.79 bits per heavy atom. The smallest absolute Gasteiger partial charge is 0.355 e. The molecule has 0 aliphatic rings. The van der Waals surface area contributed by atoms with Crippen molar-refractivity contribution in [2.75, 3.05) is 0 Å². The number of hydrogen-bond acceptors (Lipinski definition) is 4. The molecule has 1 unspecified atom stereocenters. The SMILES string of the molecule is C=C(C)CC(C)C(=O)NCc1cccc(-c2nc(C(=O)O)cs2)c1. The number of carbonyl (C=O) groups is 2. The Labute approximate surface area is 145 Å². The molecule has 0 saturated carbocycles. The van der Waals surface area contributed by atoms with Crippen molar-refractivity contribution in [3.8, 4) is 10.6 Å². The maximum absolute atomic E-state index is 12.1. The Hall–Kier alpha value is -2.47. The lowest BCUT2D eigenvalue weighted by atomic mass is 10.0. The zero-order valence-electron chi connectivity index (χ0n) is 13.7. The van der Waals surface area contributed by atoms with Crippen molar-refractivity contribution in [2.24, 2.45) is 5.92 Å². The summed E-state index contributed by atoms with van der Waals surface area (Å²) in [6, 6.07) is 7.57. The average Bonchev–Trinajstić information content (AvgIpc) is 3.02. The number of aromatic carboxylic acids is 1. The maximum Gasteiger partial charge on any atom is 0.355 e. The molecule has 0 aliphatic carbocycles. The average molecular weight is 344 g/mol. The van der Waals surface area contributed by atoms with Gasteiger partial charge < -0.3 is 10.4 Å². The van der Waals surface area contributed by atoms with Gasteiger partial charge in [0.2, 0.25) is 5.91 Å². The predicted molar refractivity (Wildman–Crippen MR) is 95.0 cm³/mol. The van der Waals surface area contributed by atoms with Gasteiger partial charge in [0.1, 0.15) is 5.01 Å². The lowest BCUT2D eigenvalue weighted by Crippen LogP contribution is -2.28. The number of allylic oxidation sites excluding steroid dienone is 1. The summed E-state index contributed by atoms with van der Waals surface area (Å²) in [4.78, 5) is 27.1. The van der Waals surface area contributed by atoms with Gasteiger partial charge in [-0.2, -0.15) is 0 Å². The standard InChI is InChI=1S/C18H20N2O3S/c1-11(2)7-12(3)16(21)19-9-13-5-4-6-14(8-13)17-20-15(10-24-17)18(22)23/h4-6,8,10,12H,1,7,9H2,2-3H3,(H,19,21)(H,22,23). The quantitative estimate of drug-likeness (QED) is 0.750. The fraction of sp³-hybridized carbons (Fsp3) is 0.278. The van der Waals surface area contributed by atoms with Crippen molar-refractivity contribution < 1.29 is 14.7 Å². The third kappa shape index (κ3) is 4.76. The maximum atomic E-state index is 12.1. The summed E-state index contributed by atoms with van der Waals surface area (Å²) in [7, 11) is 0. The van der Waals surface area contributed by atoms with E-state index in [-0.39, 0.29) is 17.5 Å². The molecule has 2 N–H and O–H groups in total. The Morgan fingerprint density at radius 1 is 1.42 bits per heavy atom. The van der Waals surface area contributed by atoms with Gasteiger partial charge in [0.15, 0.2) is 5.69 Å². The van der Waals surface area contributed by atoms with Crippen LogP contribution in [0, 0.1) is 5.92 Å². The number of aromatic nitrogens is 1. The first-order valence-corrected chi connectivity index (χ1v) is 8.45. The van der Waals surface area contributed by atoms with E-state index < -0.39 is 5.97 Å². The van der Waals surface area contributed by atoms with E-state index >= 15 is 0 Å². The van der Waals surface area contributed by atoms with E-state index in [1.807, 2.05) is 38.1 Å². The van der Waals surface area contributed by atoms with E-state index in [1.54, 1.807) is 0 Å². The first-order valence-electron chi connectivity index (χ1n) is 7.57. The van der Waals surface area contributed by atoms with Crippen LogP contribution in [0.25, 0.3) is 10.6 Å². The van der Waals surface area contributed by atoms with Crippen LogP contribution in [-0.4, -0.2) is 22.0 Å². The molecule has 1 atom stereocenters. The van der Waals surface area contributed by atoms with Crippen molar-refractivity contribution in [1.82, 2.24) is 10.3 Å². The number of nitrogens with zero attached hydrogens (tertiary/aromatic N) is 1. The third-order valence-electron chi connectivity index (χ3n) is 3.47. The molecule has 0 aliphatic heterocycles. The number of nitrogens with one attached hydrogen (secondary N) is 1. The molecule has 5 nitrogen and oxygen atoms in total. The molecule has 0 spiro atoms. The summed E-state index contributed by atoms with van der Waals surface area (Å²) >= 11 is 1.29. The van der Waals surface area contributed by atoms with Gasteiger partial charge in [0, 0.05) is 23.4 Å². The number of benzene rings is 1. The Kier molecular flexibility index (Phi) is 5.87. The molecule has 24 heavy (non-hydrogen) atoms. The molecule has 6 heteroatoms. The van der Waals surface area contributed by atoms with Crippen molar-refractivity contribution in [1.29, 1.82) is 0 Å². The fourth-order valence-corrected chi connectivity index (χ4v) is 3.09. The molecule has 0 saturated heterocycles. The van der Waals surface area contributed by atoms with E-state index in [4.69, 9.17) is 5.11 Å². The number of carbonyl (C=O) groups excluding carboxylic acids is 1. The van der Waals surface area contributed by atoms with Gasteiger partial charge in [0.05, 0.1) is 0 Å². The van der Waals surface area contributed by atoms with Gasteiger partial charge in [-0.05, 0) is 25.0 Å². The normalized spacial score (nSPS) is 11.8. The molecular formula is C18H20N2O3S. The molecule has 2 rings (SSSR count). The molecule has 1 aromatic heterocycles. The van der Waals surface area contributed by atoms with Gasteiger partial charge in [-0.15, -0.1) is 17.9 Å². The molecule has 2 aromatic rings. The van der Waals surface area contributed by atoms with Crippen LogP contribution in [0.4, 0.5) is 0 Å². The number of carboxylic acid groups (broad SMARTS) is 1. The molecule has 1 aromatic carbocycles. The van der Waals surface area contributed by atoms with Gasteiger partial charge >= 0.3 is 5.97 Å². The van der Waals surface area contributed by atoms with Crippen LogP contribution in [0.3, 0.4) is 0 Å². The van der Waals surface area contributed by atoms with Crippen LogP contribution in [-0.2, 0) is 11.3 Å². The molecule has 126 valence electrons. The number of hydrogen-bond donors (Lipinski definition) is 2. The molecular weight excluding hydrogens is 324 g/mol. The van der Waals surface area contributed by atoms with Gasteiger partial charge in [0.25, 0.3) is 0 Å². The van der Waals surface area contributed by atoms with Crippen molar-refractivity contribution in [3.05, 3.63) is 53.1 Å². The summed E-state index contributed by atoms with van der Waals surface area (Å²) < 4.78 is 0.